The molecule has 2 aromatic rings. The van der Waals surface area contributed by atoms with Crippen molar-refractivity contribution in [3.05, 3.63) is 59.7 Å². The van der Waals surface area contributed by atoms with E-state index < -0.39 is 18.9 Å². The molecule has 5 atom stereocenters. The lowest BCUT2D eigenvalue weighted by Crippen LogP contribution is -2.63. The highest BCUT2D eigenvalue weighted by molar-refractivity contribution is 6.47. The average molecular weight is 561 g/mol. The Morgan fingerprint density at radius 3 is 2.44 bits per heavy atom. The molecule has 4 aliphatic rings. The Morgan fingerprint density at radius 1 is 1.05 bits per heavy atom. The number of para-hydroxylation sites is 2. The summed E-state index contributed by atoms with van der Waals surface area (Å²) in [6, 6.07) is 13.3. The summed E-state index contributed by atoms with van der Waals surface area (Å²) in [6.07, 6.45) is 2.83. The lowest BCUT2D eigenvalue weighted by molar-refractivity contribution is -0.185. The molecule has 3 amide bonds. The summed E-state index contributed by atoms with van der Waals surface area (Å²) in [5.41, 5.74) is 7.32. The minimum absolute atomic E-state index is 0.0153. The van der Waals surface area contributed by atoms with Gasteiger partial charge in [-0.15, -0.1) is 0 Å². The molecule has 9 nitrogen and oxygen atoms in total. The van der Waals surface area contributed by atoms with Crippen LogP contribution in [-0.2, 0) is 14.1 Å². The zero-order valence-electron chi connectivity index (χ0n) is 24.5. The van der Waals surface area contributed by atoms with E-state index in [2.05, 4.69) is 50.6 Å². The maximum Gasteiger partial charge on any atom is 0.481 e. The van der Waals surface area contributed by atoms with Gasteiger partial charge in [0.2, 0.25) is 5.91 Å². The second kappa shape index (κ2) is 11.1. The highest BCUT2D eigenvalue weighted by atomic mass is 16.7. The van der Waals surface area contributed by atoms with E-state index in [9.17, 15) is 14.4 Å². The van der Waals surface area contributed by atoms with Crippen LogP contribution in [0.5, 0.6) is 0 Å². The Balaban J connectivity index is 1.18. The number of hydrogen-bond acceptors (Lipinski definition) is 6. The maximum absolute atomic E-state index is 13.0. The Kier molecular flexibility index (Phi) is 7.91. The SMILES string of the molecule is CC(C)C[C@H](NC(=O)CNC(=O)c1cccc(C(=O)Nc2ccccc2N)c1)B1O[C@@H]2[C@@H]3C[C@H](C[C@]2(C)O1)C3(C)C. The van der Waals surface area contributed by atoms with Crippen LogP contribution in [0, 0.1) is 23.2 Å². The molecule has 5 N–H and O–H groups in total. The lowest BCUT2D eigenvalue weighted by Gasteiger charge is -2.63. The van der Waals surface area contributed by atoms with E-state index in [1.807, 2.05) is 0 Å². The molecule has 2 bridgehead atoms. The highest BCUT2D eigenvalue weighted by Gasteiger charge is 2.67. The maximum atomic E-state index is 13.0. The van der Waals surface area contributed by atoms with Crippen molar-refractivity contribution < 1.29 is 23.7 Å². The summed E-state index contributed by atoms with van der Waals surface area (Å²) in [7, 11) is -0.531. The topological polar surface area (TPSA) is 132 Å². The number of carbonyl (C=O) groups is 3. The van der Waals surface area contributed by atoms with E-state index in [0.717, 1.165) is 6.42 Å². The summed E-state index contributed by atoms with van der Waals surface area (Å²) in [5.74, 6) is -0.113. The van der Waals surface area contributed by atoms with Crippen molar-refractivity contribution in [3.63, 3.8) is 0 Å². The van der Waals surface area contributed by atoms with Crippen LogP contribution in [0.3, 0.4) is 0 Å². The first-order chi connectivity index (χ1) is 19.4. The van der Waals surface area contributed by atoms with Gasteiger partial charge in [-0.25, -0.2) is 0 Å². The van der Waals surface area contributed by atoms with Crippen molar-refractivity contribution in [2.75, 3.05) is 17.6 Å². The second-order valence-corrected chi connectivity index (χ2v) is 13.0. The molecule has 1 aliphatic heterocycles. The van der Waals surface area contributed by atoms with Gasteiger partial charge in [0.05, 0.1) is 35.6 Å². The minimum atomic E-state index is -0.531. The van der Waals surface area contributed by atoms with E-state index in [1.54, 1.807) is 42.5 Å². The second-order valence-electron chi connectivity index (χ2n) is 13.0. The quantitative estimate of drug-likeness (QED) is 0.270. The average Bonchev–Trinajstić information content (AvgIpc) is 3.30. The Labute approximate surface area is 242 Å². The number of nitrogen functional groups attached to an aromatic ring is 1. The van der Waals surface area contributed by atoms with Gasteiger partial charge in [0.15, 0.2) is 0 Å². The summed E-state index contributed by atoms with van der Waals surface area (Å²) in [4.78, 5) is 38.6. The van der Waals surface area contributed by atoms with Crippen molar-refractivity contribution in [3.8, 4) is 0 Å². The van der Waals surface area contributed by atoms with Crippen LogP contribution in [0.25, 0.3) is 0 Å². The Hall–Kier alpha value is -3.37. The van der Waals surface area contributed by atoms with Gasteiger partial charge in [-0.1, -0.05) is 45.9 Å². The zero-order valence-corrected chi connectivity index (χ0v) is 24.5. The first kappa shape index (κ1) is 29.1. The number of amides is 3. The number of benzene rings is 2. The molecule has 41 heavy (non-hydrogen) atoms. The number of nitrogens with one attached hydrogen (secondary N) is 3. The van der Waals surface area contributed by atoms with Crippen molar-refractivity contribution in [1.29, 1.82) is 0 Å². The summed E-state index contributed by atoms with van der Waals surface area (Å²) in [5, 5.41) is 8.48. The highest BCUT2D eigenvalue weighted by Crippen LogP contribution is 2.64. The molecule has 1 saturated heterocycles. The van der Waals surface area contributed by atoms with Crippen molar-refractivity contribution in [2.24, 2.45) is 23.2 Å². The van der Waals surface area contributed by atoms with Crippen molar-refractivity contribution in [2.45, 2.75) is 71.5 Å². The van der Waals surface area contributed by atoms with Crippen LogP contribution in [0.2, 0.25) is 0 Å². The molecular weight excluding hydrogens is 519 g/mol. The summed E-state index contributed by atoms with van der Waals surface area (Å²) >= 11 is 0. The molecular formula is C31H41BN4O5. The molecule has 0 spiro atoms. The lowest BCUT2D eigenvalue weighted by atomic mass is 9.45. The van der Waals surface area contributed by atoms with Crippen LogP contribution in [-0.4, -0.2) is 49.0 Å². The molecule has 3 aliphatic carbocycles. The van der Waals surface area contributed by atoms with Gasteiger partial charge < -0.3 is 31.0 Å². The van der Waals surface area contributed by atoms with Gasteiger partial charge in [-0.2, -0.15) is 0 Å². The predicted octanol–water partition coefficient (Wildman–Crippen LogP) is 4.05. The van der Waals surface area contributed by atoms with Crippen LogP contribution >= 0.6 is 0 Å². The van der Waals surface area contributed by atoms with Gasteiger partial charge in [-0.3, -0.25) is 14.4 Å². The molecule has 2 aromatic carbocycles. The summed E-state index contributed by atoms with van der Waals surface area (Å²) < 4.78 is 13.0. The van der Waals surface area contributed by atoms with Crippen LogP contribution in [0.4, 0.5) is 11.4 Å². The van der Waals surface area contributed by atoms with Crippen LogP contribution in [0.1, 0.15) is 74.6 Å². The molecule has 0 aromatic heterocycles. The van der Waals surface area contributed by atoms with E-state index in [0.29, 0.717) is 41.1 Å². The molecule has 4 fully saturated rings. The number of hydrogen-bond donors (Lipinski definition) is 4. The molecule has 3 saturated carbocycles. The largest absolute Gasteiger partial charge is 0.481 e. The fourth-order valence-electron chi connectivity index (χ4n) is 6.79. The van der Waals surface area contributed by atoms with Crippen molar-refractivity contribution in [1.82, 2.24) is 10.6 Å². The van der Waals surface area contributed by atoms with Crippen LogP contribution in [0.15, 0.2) is 48.5 Å². The molecule has 0 radical (unpaired) electrons. The standard InChI is InChI=1S/C31H41BN4O5/c1-18(2)13-25(32-40-27-22-15-21(30(22,3)4)16-31(27,5)41-32)36-26(37)17-34-28(38)19-9-8-10-20(14-19)29(39)35-24-12-7-6-11-23(24)33/h6-12,14,18,21-22,25,27H,13,15-17,33H2,1-5H3,(H,34,38)(H,35,39)(H,36,37)/t21-,22+,25+,27-,31+/m1/s1. The fraction of sp³-hybridized carbons (Fsp3) is 0.516. The van der Waals surface area contributed by atoms with E-state index in [-0.39, 0.29) is 41.1 Å². The number of carbonyl (C=O) groups excluding carboxylic acids is 3. The number of anilines is 2. The molecule has 218 valence electrons. The smallest absolute Gasteiger partial charge is 0.404 e. The minimum Gasteiger partial charge on any atom is -0.404 e. The first-order valence-corrected chi connectivity index (χ1v) is 14.5. The van der Waals surface area contributed by atoms with Crippen molar-refractivity contribution >= 4 is 36.2 Å². The number of nitrogens with two attached hydrogens (primary N) is 1. The zero-order chi connectivity index (χ0) is 29.5. The molecule has 10 heteroatoms. The van der Waals surface area contributed by atoms with Gasteiger partial charge >= 0.3 is 7.12 Å². The third-order valence-electron chi connectivity index (χ3n) is 9.24. The number of rotatable bonds is 9. The van der Waals surface area contributed by atoms with Crippen LogP contribution < -0.4 is 21.7 Å². The summed E-state index contributed by atoms with van der Waals surface area (Å²) in [6.45, 7) is 10.8. The van der Waals surface area contributed by atoms with E-state index >= 15 is 0 Å². The monoisotopic (exact) mass is 560 g/mol. The van der Waals surface area contributed by atoms with Gasteiger partial charge in [0.25, 0.3) is 11.8 Å². The third-order valence-corrected chi connectivity index (χ3v) is 9.24. The van der Waals surface area contributed by atoms with Gasteiger partial charge in [-0.05, 0) is 79.7 Å². The fourth-order valence-corrected chi connectivity index (χ4v) is 6.79. The first-order valence-electron chi connectivity index (χ1n) is 14.5. The predicted molar refractivity (Wildman–Crippen MR) is 159 cm³/mol. The Morgan fingerprint density at radius 2 is 1.76 bits per heavy atom. The van der Waals surface area contributed by atoms with Gasteiger partial charge in [0, 0.05) is 11.1 Å². The molecule has 6 rings (SSSR count). The van der Waals surface area contributed by atoms with E-state index in [1.165, 1.54) is 12.5 Å². The third kappa shape index (κ3) is 5.86. The van der Waals surface area contributed by atoms with E-state index in [4.69, 9.17) is 15.0 Å². The van der Waals surface area contributed by atoms with Gasteiger partial charge in [0.1, 0.15) is 0 Å². The molecule has 1 heterocycles. The molecule has 0 unspecified atom stereocenters. The normalized spacial score (nSPS) is 26.5. The Bertz CT molecular complexity index is 1330.